The number of amides is 1. The molecule has 138 valence electrons. The van der Waals surface area contributed by atoms with E-state index >= 15 is 0 Å². The summed E-state index contributed by atoms with van der Waals surface area (Å²) < 4.78 is 40.6. The molecule has 2 heterocycles. The molecule has 1 aromatic heterocycles. The van der Waals surface area contributed by atoms with E-state index in [-0.39, 0.29) is 5.69 Å². The first kappa shape index (κ1) is 17.9. The van der Waals surface area contributed by atoms with E-state index in [9.17, 15) is 22.8 Å². The van der Waals surface area contributed by atoms with Crippen molar-refractivity contribution in [3.8, 4) is 5.69 Å². The number of likely N-dealkylation sites (tertiary alicyclic amines) is 1. The molecule has 2 atom stereocenters. The van der Waals surface area contributed by atoms with E-state index in [1.54, 1.807) is 37.3 Å². The zero-order valence-corrected chi connectivity index (χ0v) is 13.6. The molecule has 26 heavy (non-hydrogen) atoms. The molecule has 0 saturated carbocycles. The SMILES string of the molecule is Cc1c(C(=O)N2C[C@@H](C(F)(F)F)[C@H](C(=O)O)C2)nnn1-c1ccccc1. The van der Waals surface area contributed by atoms with Crippen LogP contribution in [0.5, 0.6) is 0 Å². The van der Waals surface area contributed by atoms with Crippen molar-refractivity contribution in [3.63, 3.8) is 0 Å². The van der Waals surface area contributed by atoms with Crippen LogP contribution in [0.2, 0.25) is 0 Å². The molecule has 1 N–H and O–H groups in total. The monoisotopic (exact) mass is 368 g/mol. The van der Waals surface area contributed by atoms with E-state index in [1.165, 1.54) is 4.68 Å². The number of nitrogens with zero attached hydrogens (tertiary/aromatic N) is 4. The van der Waals surface area contributed by atoms with Gasteiger partial charge < -0.3 is 10.0 Å². The maximum atomic E-state index is 13.1. The number of halogens is 3. The summed E-state index contributed by atoms with van der Waals surface area (Å²) in [5, 5.41) is 16.7. The van der Waals surface area contributed by atoms with Crippen LogP contribution in [-0.2, 0) is 4.79 Å². The summed E-state index contributed by atoms with van der Waals surface area (Å²) in [6, 6.07) is 8.82. The third-order valence-corrected chi connectivity index (χ3v) is 4.44. The molecular formula is C16H15F3N4O3. The summed E-state index contributed by atoms with van der Waals surface area (Å²) >= 11 is 0. The number of hydrogen-bond donors (Lipinski definition) is 1. The van der Waals surface area contributed by atoms with Crippen LogP contribution in [0.4, 0.5) is 13.2 Å². The van der Waals surface area contributed by atoms with Crippen LogP contribution in [0.25, 0.3) is 5.69 Å². The minimum atomic E-state index is -4.70. The Morgan fingerprint density at radius 2 is 1.85 bits per heavy atom. The molecule has 3 rings (SSSR count). The number of carboxylic acids is 1. The van der Waals surface area contributed by atoms with Gasteiger partial charge in [-0.1, -0.05) is 23.4 Å². The summed E-state index contributed by atoms with van der Waals surface area (Å²) in [7, 11) is 0. The van der Waals surface area contributed by atoms with E-state index in [0.717, 1.165) is 4.90 Å². The van der Waals surface area contributed by atoms with Gasteiger partial charge in [0.1, 0.15) is 0 Å². The smallest absolute Gasteiger partial charge is 0.394 e. The van der Waals surface area contributed by atoms with Gasteiger partial charge in [-0.2, -0.15) is 13.2 Å². The fourth-order valence-corrected chi connectivity index (χ4v) is 3.04. The molecule has 1 amide bonds. The highest BCUT2D eigenvalue weighted by Crippen LogP contribution is 2.38. The third kappa shape index (κ3) is 3.14. The molecule has 0 radical (unpaired) electrons. The van der Waals surface area contributed by atoms with Gasteiger partial charge in [-0.15, -0.1) is 5.10 Å². The Bertz CT molecular complexity index is 835. The first-order chi connectivity index (χ1) is 12.2. The van der Waals surface area contributed by atoms with Crippen molar-refractivity contribution < 1.29 is 27.9 Å². The average Bonchev–Trinajstić information content (AvgIpc) is 3.19. The Hall–Kier alpha value is -2.91. The van der Waals surface area contributed by atoms with Gasteiger partial charge in [-0.05, 0) is 19.1 Å². The molecule has 7 nitrogen and oxygen atoms in total. The van der Waals surface area contributed by atoms with Gasteiger partial charge in [-0.25, -0.2) is 4.68 Å². The number of aliphatic carboxylic acids is 1. The van der Waals surface area contributed by atoms with Crippen molar-refractivity contribution in [1.29, 1.82) is 0 Å². The molecule has 1 fully saturated rings. The summed E-state index contributed by atoms with van der Waals surface area (Å²) in [5.74, 6) is -6.13. The number of rotatable bonds is 3. The number of alkyl halides is 3. The third-order valence-electron chi connectivity index (χ3n) is 4.44. The Balaban J connectivity index is 1.87. The molecule has 0 aliphatic carbocycles. The number of carbonyl (C=O) groups is 2. The molecule has 1 aliphatic rings. The van der Waals surface area contributed by atoms with Crippen LogP contribution in [-0.4, -0.2) is 56.1 Å². The second-order valence-electron chi connectivity index (χ2n) is 6.07. The lowest BCUT2D eigenvalue weighted by molar-refractivity contribution is -0.187. The van der Waals surface area contributed by atoms with Gasteiger partial charge in [0.05, 0.1) is 23.2 Å². The Labute approximate surface area is 146 Å². The molecule has 10 heteroatoms. The van der Waals surface area contributed by atoms with Crippen molar-refractivity contribution in [2.75, 3.05) is 13.1 Å². The number of carboxylic acid groups (broad SMARTS) is 1. The van der Waals surface area contributed by atoms with Crippen LogP contribution in [0.1, 0.15) is 16.2 Å². The van der Waals surface area contributed by atoms with Gasteiger partial charge in [0.25, 0.3) is 5.91 Å². The minimum absolute atomic E-state index is 0.0965. The quantitative estimate of drug-likeness (QED) is 0.894. The first-order valence-electron chi connectivity index (χ1n) is 7.76. The molecule has 0 spiro atoms. The highest BCUT2D eigenvalue weighted by atomic mass is 19.4. The number of aromatic nitrogens is 3. The summed E-state index contributed by atoms with van der Waals surface area (Å²) in [6.45, 7) is 0.346. The van der Waals surface area contributed by atoms with Gasteiger partial charge in [-0.3, -0.25) is 9.59 Å². The predicted molar refractivity (Wildman–Crippen MR) is 82.7 cm³/mol. The lowest BCUT2D eigenvalue weighted by atomic mass is 9.96. The zero-order chi connectivity index (χ0) is 19.1. The lowest BCUT2D eigenvalue weighted by Gasteiger charge is -2.18. The Kier molecular flexibility index (Phi) is 4.43. The van der Waals surface area contributed by atoms with Crippen LogP contribution in [0, 0.1) is 18.8 Å². The van der Waals surface area contributed by atoms with Crippen molar-refractivity contribution in [3.05, 3.63) is 41.7 Å². The van der Waals surface area contributed by atoms with Gasteiger partial charge in [0, 0.05) is 13.1 Å². The van der Waals surface area contributed by atoms with Gasteiger partial charge >= 0.3 is 12.1 Å². The Morgan fingerprint density at radius 3 is 2.38 bits per heavy atom. The first-order valence-corrected chi connectivity index (χ1v) is 7.76. The standard InChI is InChI=1S/C16H15F3N4O3/c1-9-13(20-21-23(9)10-5-3-2-4-6-10)14(24)22-7-11(15(25)26)12(8-22)16(17,18)19/h2-6,11-12H,7-8H2,1H3,(H,25,26)/t11-,12-/m1/s1. The summed E-state index contributed by atoms with van der Waals surface area (Å²) in [4.78, 5) is 24.6. The number of carbonyl (C=O) groups excluding carboxylic acids is 1. The largest absolute Gasteiger partial charge is 0.481 e. The number of benzene rings is 1. The van der Waals surface area contributed by atoms with Crippen molar-refractivity contribution in [2.45, 2.75) is 13.1 Å². The molecule has 1 saturated heterocycles. The molecule has 2 aromatic rings. The van der Waals surface area contributed by atoms with Gasteiger partial charge in [0.2, 0.25) is 0 Å². The van der Waals surface area contributed by atoms with E-state index in [0.29, 0.717) is 11.4 Å². The van der Waals surface area contributed by atoms with Gasteiger partial charge in [0.15, 0.2) is 5.69 Å². The minimum Gasteiger partial charge on any atom is -0.481 e. The van der Waals surface area contributed by atoms with E-state index in [4.69, 9.17) is 5.11 Å². The van der Waals surface area contributed by atoms with Crippen LogP contribution in [0.3, 0.4) is 0 Å². The van der Waals surface area contributed by atoms with Crippen molar-refractivity contribution in [2.24, 2.45) is 11.8 Å². The Morgan fingerprint density at radius 1 is 1.19 bits per heavy atom. The fourth-order valence-electron chi connectivity index (χ4n) is 3.04. The molecular weight excluding hydrogens is 353 g/mol. The van der Waals surface area contributed by atoms with E-state index in [1.807, 2.05) is 0 Å². The maximum absolute atomic E-state index is 13.1. The molecule has 1 aliphatic heterocycles. The van der Waals surface area contributed by atoms with Crippen LogP contribution >= 0.6 is 0 Å². The zero-order valence-electron chi connectivity index (χ0n) is 13.6. The van der Waals surface area contributed by atoms with Crippen molar-refractivity contribution in [1.82, 2.24) is 19.9 Å². The summed E-state index contributed by atoms with van der Waals surface area (Å²) in [6.07, 6.45) is -4.70. The van der Waals surface area contributed by atoms with Crippen LogP contribution in [0.15, 0.2) is 30.3 Å². The highest BCUT2D eigenvalue weighted by Gasteiger charge is 2.53. The second-order valence-corrected chi connectivity index (χ2v) is 6.07. The van der Waals surface area contributed by atoms with Crippen LogP contribution < -0.4 is 0 Å². The highest BCUT2D eigenvalue weighted by molar-refractivity contribution is 5.94. The molecule has 0 unspecified atom stereocenters. The topological polar surface area (TPSA) is 88.3 Å². The number of para-hydroxylation sites is 1. The van der Waals surface area contributed by atoms with E-state index < -0.39 is 43.0 Å². The normalized spacial score (nSPS) is 20.4. The van der Waals surface area contributed by atoms with Crippen molar-refractivity contribution >= 4 is 11.9 Å². The second kappa shape index (κ2) is 6.43. The molecule has 1 aromatic carbocycles. The van der Waals surface area contributed by atoms with E-state index in [2.05, 4.69) is 10.3 Å². The lowest BCUT2D eigenvalue weighted by Crippen LogP contribution is -2.34. The number of hydrogen-bond acceptors (Lipinski definition) is 4. The predicted octanol–water partition coefficient (Wildman–Crippen LogP) is 1.91. The average molecular weight is 368 g/mol. The summed E-state index contributed by atoms with van der Waals surface area (Å²) in [5.41, 5.74) is 0.916. The molecule has 0 bridgehead atoms. The fraction of sp³-hybridized carbons (Fsp3) is 0.375. The maximum Gasteiger partial charge on any atom is 0.394 e.